The monoisotopic (exact) mass is 326 g/mol. The average molecular weight is 326 g/mol. The van der Waals surface area contributed by atoms with Gasteiger partial charge in [0.1, 0.15) is 11.9 Å². The topological polar surface area (TPSA) is 54.0 Å². The van der Waals surface area contributed by atoms with Gasteiger partial charge in [-0.3, -0.25) is 0 Å². The Morgan fingerprint density at radius 2 is 1.70 bits per heavy atom. The van der Waals surface area contributed by atoms with Crippen LogP contribution in [0.4, 0.5) is 0 Å². The second-order valence-corrected chi connectivity index (χ2v) is 6.50. The zero-order chi connectivity index (χ0) is 17.1. The van der Waals surface area contributed by atoms with Gasteiger partial charge < -0.3 is 18.9 Å². The third kappa shape index (κ3) is 3.89. The van der Waals surface area contributed by atoms with E-state index in [0.717, 1.165) is 37.9 Å². The molecule has 5 nitrogen and oxygen atoms in total. The zero-order valence-electron chi connectivity index (χ0n) is 14.9. The van der Waals surface area contributed by atoms with Crippen LogP contribution < -0.4 is 0 Å². The fourth-order valence-electron chi connectivity index (χ4n) is 3.32. The summed E-state index contributed by atoms with van der Waals surface area (Å²) in [4.78, 5) is 11.0. The summed E-state index contributed by atoms with van der Waals surface area (Å²) in [5.74, 6) is -0.304. The van der Waals surface area contributed by atoms with E-state index in [1.54, 1.807) is 6.92 Å². The van der Waals surface area contributed by atoms with Gasteiger partial charge in [-0.05, 0) is 26.2 Å². The molecule has 0 bridgehead atoms. The fraction of sp³-hybridized carbons (Fsp3) is 0.833. The molecule has 2 saturated heterocycles. The van der Waals surface area contributed by atoms with E-state index in [0.29, 0.717) is 0 Å². The molecular formula is C18H30O5. The van der Waals surface area contributed by atoms with Gasteiger partial charge >= 0.3 is 5.97 Å². The van der Waals surface area contributed by atoms with Crippen molar-refractivity contribution in [3.63, 3.8) is 0 Å². The normalized spacial score (nSPS) is 30.8. The second-order valence-electron chi connectivity index (χ2n) is 6.50. The number of hydrogen-bond donors (Lipinski definition) is 0. The molecule has 5 heteroatoms. The van der Waals surface area contributed by atoms with Crippen molar-refractivity contribution in [2.75, 3.05) is 0 Å². The molecule has 132 valence electrons. The summed E-state index contributed by atoms with van der Waals surface area (Å²) in [5.41, 5.74) is 0. The maximum Gasteiger partial charge on any atom is 0.337 e. The summed E-state index contributed by atoms with van der Waals surface area (Å²) >= 11 is 0. The van der Waals surface area contributed by atoms with Crippen LogP contribution in [0.15, 0.2) is 12.3 Å². The van der Waals surface area contributed by atoms with Gasteiger partial charge in [0, 0.05) is 25.7 Å². The molecule has 0 aromatic rings. The fourth-order valence-corrected chi connectivity index (χ4v) is 3.32. The van der Waals surface area contributed by atoms with E-state index in [4.69, 9.17) is 18.9 Å². The highest BCUT2D eigenvalue weighted by molar-refractivity contribution is 5.76. The highest BCUT2D eigenvalue weighted by Crippen LogP contribution is 2.43. The molecule has 2 heterocycles. The van der Waals surface area contributed by atoms with E-state index < -0.39 is 11.9 Å². The van der Waals surface area contributed by atoms with E-state index in [1.807, 2.05) is 13.8 Å². The number of cyclic esters (lactones) is 1. The Morgan fingerprint density at radius 3 is 2.04 bits per heavy atom. The van der Waals surface area contributed by atoms with Crippen molar-refractivity contribution in [3.8, 4) is 0 Å². The van der Waals surface area contributed by atoms with Crippen molar-refractivity contribution in [2.45, 2.75) is 96.4 Å². The number of carbonyl (C=O) groups excluding carboxylic acids is 1. The second kappa shape index (κ2) is 7.22. The molecule has 0 N–H and O–H groups in total. The lowest BCUT2D eigenvalue weighted by atomic mass is 10.1. The summed E-state index contributed by atoms with van der Waals surface area (Å²) in [5, 5.41) is 0. The van der Waals surface area contributed by atoms with E-state index in [-0.39, 0.29) is 17.9 Å². The highest BCUT2D eigenvalue weighted by atomic mass is 16.8. The van der Waals surface area contributed by atoms with Crippen LogP contribution in [0.1, 0.15) is 72.6 Å². The zero-order valence-corrected chi connectivity index (χ0v) is 14.9. The molecular weight excluding hydrogens is 296 g/mol. The molecule has 0 radical (unpaired) electrons. The van der Waals surface area contributed by atoms with Gasteiger partial charge in [0.25, 0.3) is 0 Å². The minimum absolute atomic E-state index is 0.142. The number of hydrogen-bond acceptors (Lipinski definition) is 5. The number of rotatable bonds is 3. The molecule has 0 aromatic heterocycles. The Hall–Kier alpha value is -1.07. The van der Waals surface area contributed by atoms with Gasteiger partial charge in [-0.15, -0.1) is 0 Å². The summed E-state index contributed by atoms with van der Waals surface area (Å²) in [7, 11) is 0. The van der Waals surface area contributed by atoms with Crippen molar-refractivity contribution in [1.82, 2.24) is 0 Å². The van der Waals surface area contributed by atoms with Crippen LogP contribution in [-0.4, -0.2) is 29.8 Å². The molecule has 23 heavy (non-hydrogen) atoms. The van der Waals surface area contributed by atoms with Crippen molar-refractivity contribution < 1.29 is 23.7 Å². The highest BCUT2D eigenvalue weighted by Gasteiger charge is 2.46. The summed E-state index contributed by atoms with van der Waals surface area (Å²) in [6.07, 6.45) is 6.70. The molecule has 0 aromatic carbocycles. The predicted octanol–water partition coefficient (Wildman–Crippen LogP) is 4.06. The third-order valence-electron chi connectivity index (χ3n) is 4.86. The molecule has 2 aliphatic heterocycles. The van der Waals surface area contributed by atoms with Crippen LogP contribution in [0, 0.1) is 0 Å². The van der Waals surface area contributed by atoms with Gasteiger partial charge in [-0.1, -0.05) is 27.4 Å². The van der Waals surface area contributed by atoms with Crippen molar-refractivity contribution in [1.29, 1.82) is 0 Å². The Bertz CT molecular complexity index is 435. The molecule has 0 amide bonds. The summed E-state index contributed by atoms with van der Waals surface area (Å²) in [6.45, 7) is 11.6. The smallest absolute Gasteiger partial charge is 0.337 e. The Labute approximate surface area is 139 Å². The number of ether oxygens (including phenoxy) is 4. The standard InChI is InChI=1S/C10H16O2.C8H14O3/c1-3-9-8(2)11-10(12-9)6-4-5-7-10;1-4-8(5-2)10-6(3)7(9)11-8/h9H,2-7H2,1H3;6H,4-5H2,1-3H3. The Morgan fingerprint density at radius 1 is 1.09 bits per heavy atom. The van der Waals surface area contributed by atoms with E-state index in [9.17, 15) is 4.79 Å². The molecule has 3 rings (SSSR count). The van der Waals surface area contributed by atoms with Crippen LogP contribution in [0.2, 0.25) is 0 Å². The molecule has 3 aliphatic rings. The quantitative estimate of drug-likeness (QED) is 0.732. The largest absolute Gasteiger partial charge is 0.465 e. The molecule has 3 fully saturated rings. The minimum atomic E-state index is -0.628. The maximum atomic E-state index is 11.0. The van der Waals surface area contributed by atoms with E-state index in [1.165, 1.54) is 12.8 Å². The first-order chi connectivity index (χ1) is 10.9. The van der Waals surface area contributed by atoms with Gasteiger partial charge in [0.15, 0.2) is 6.10 Å². The Kier molecular flexibility index (Phi) is 5.74. The molecule has 1 saturated carbocycles. The molecule has 2 atom stereocenters. The lowest BCUT2D eigenvalue weighted by molar-refractivity contribution is -0.179. The predicted molar refractivity (Wildman–Crippen MR) is 86.5 cm³/mol. The van der Waals surface area contributed by atoms with Crippen LogP contribution in [-0.2, 0) is 23.7 Å². The first-order valence-corrected chi connectivity index (χ1v) is 8.85. The van der Waals surface area contributed by atoms with Gasteiger partial charge in [-0.2, -0.15) is 0 Å². The van der Waals surface area contributed by atoms with Crippen LogP contribution >= 0.6 is 0 Å². The Balaban J connectivity index is 0.000000168. The minimum Gasteiger partial charge on any atom is -0.465 e. The summed E-state index contributed by atoms with van der Waals surface area (Å²) in [6, 6.07) is 0. The number of esters is 1. The van der Waals surface area contributed by atoms with Crippen LogP contribution in [0.5, 0.6) is 0 Å². The first-order valence-electron chi connectivity index (χ1n) is 8.85. The third-order valence-corrected chi connectivity index (χ3v) is 4.86. The lowest BCUT2D eigenvalue weighted by Gasteiger charge is -2.22. The van der Waals surface area contributed by atoms with Crippen LogP contribution in [0.3, 0.4) is 0 Å². The molecule has 2 unspecified atom stereocenters. The maximum absolute atomic E-state index is 11.0. The van der Waals surface area contributed by atoms with Crippen molar-refractivity contribution in [3.05, 3.63) is 12.3 Å². The van der Waals surface area contributed by atoms with Gasteiger partial charge in [0.2, 0.25) is 11.6 Å². The SMILES string of the molecule is C=C1OC2(CCCC2)OC1CC.CCC1(CC)OC(=O)C(C)O1. The molecule has 1 spiro atoms. The van der Waals surface area contributed by atoms with E-state index in [2.05, 4.69) is 13.5 Å². The van der Waals surface area contributed by atoms with Crippen LogP contribution in [0.25, 0.3) is 0 Å². The number of carbonyl (C=O) groups is 1. The van der Waals surface area contributed by atoms with Crippen molar-refractivity contribution in [2.24, 2.45) is 0 Å². The lowest BCUT2D eigenvalue weighted by Crippen LogP contribution is -2.28. The van der Waals surface area contributed by atoms with Gasteiger partial charge in [-0.25, -0.2) is 4.79 Å². The molecule has 1 aliphatic carbocycles. The van der Waals surface area contributed by atoms with Crippen molar-refractivity contribution >= 4 is 5.97 Å². The average Bonchev–Trinajstić information content (AvgIpc) is 3.20. The first kappa shape index (κ1) is 18.3. The van der Waals surface area contributed by atoms with Gasteiger partial charge in [0.05, 0.1) is 0 Å². The summed E-state index contributed by atoms with van der Waals surface area (Å²) < 4.78 is 22.0. The van der Waals surface area contributed by atoms with E-state index >= 15 is 0 Å².